The van der Waals surface area contributed by atoms with Gasteiger partial charge in [0.2, 0.25) is 0 Å². The third kappa shape index (κ3) is 6.71. The minimum absolute atomic E-state index is 0.0431. The molecule has 0 aliphatic carbocycles. The number of para-hydroxylation sites is 1. The quantitative estimate of drug-likeness (QED) is 0.186. The zero-order valence-corrected chi connectivity index (χ0v) is 22.5. The molecule has 0 aliphatic rings. The summed E-state index contributed by atoms with van der Waals surface area (Å²) < 4.78 is 8.35. The van der Waals surface area contributed by atoms with Gasteiger partial charge in [-0.3, -0.25) is 9.59 Å². The summed E-state index contributed by atoms with van der Waals surface area (Å²) in [5.41, 5.74) is 4.65. The van der Waals surface area contributed by atoms with E-state index < -0.39 is 5.97 Å². The van der Waals surface area contributed by atoms with Crippen LogP contribution in [0.3, 0.4) is 0 Å². The van der Waals surface area contributed by atoms with Crippen LogP contribution in [0.25, 0.3) is 10.9 Å². The molecule has 5 nitrogen and oxygen atoms in total. The lowest BCUT2D eigenvalue weighted by Crippen LogP contribution is -2.08. The van der Waals surface area contributed by atoms with E-state index in [1.807, 2.05) is 59.3 Å². The van der Waals surface area contributed by atoms with Gasteiger partial charge in [0.15, 0.2) is 5.78 Å². The summed E-state index contributed by atoms with van der Waals surface area (Å²) in [6.45, 7) is 7.16. The van der Waals surface area contributed by atoms with E-state index in [1.54, 1.807) is 0 Å². The molecule has 38 heavy (non-hydrogen) atoms. The highest BCUT2D eigenvalue weighted by Gasteiger charge is 2.18. The van der Waals surface area contributed by atoms with Gasteiger partial charge < -0.3 is 14.4 Å². The van der Waals surface area contributed by atoms with E-state index in [2.05, 4.69) is 45.0 Å². The molecule has 0 fully saturated rings. The number of ether oxygens (including phenoxy) is 1. The highest BCUT2D eigenvalue weighted by molar-refractivity contribution is 6.16. The van der Waals surface area contributed by atoms with Crippen molar-refractivity contribution in [3.8, 4) is 5.75 Å². The first-order chi connectivity index (χ1) is 18.4. The van der Waals surface area contributed by atoms with E-state index in [4.69, 9.17) is 9.84 Å². The number of ketones is 1. The lowest BCUT2D eigenvalue weighted by molar-refractivity contribution is -0.137. The van der Waals surface area contributed by atoms with Crippen LogP contribution >= 0.6 is 0 Å². The van der Waals surface area contributed by atoms with E-state index >= 15 is 0 Å². The maximum atomic E-state index is 13.5. The molecule has 198 valence electrons. The van der Waals surface area contributed by atoms with Crippen LogP contribution in [0.1, 0.15) is 79.6 Å². The number of hydrogen-bond donors (Lipinski definition) is 1. The van der Waals surface area contributed by atoms with Gasteiger partial charge in [0, 0.05) is 41.2 Å². The predicted molar refractivity (Wildman–Crippen MR) is 152 cm³/mol. The van der Waals surface area contributed by atoms with Gasteiger partial charge in [-0.05, 0) is 66.6 Å². The summed E-state index contributed by atoms with van der Waals surface area (Å²) in [5, 5.41) is 9.86. The molecule has 1 unspecified atom stereocenters. The molecule has 0 bridgehead atoms. The standard InChI is InChI=1S/C33H37NO4/c1-4-8-31(25-14-12-24(13-15-25)21-23(2)3)38-27-18-16-26(17-19-27)33(37)29-22-34(20-7-11-32(35)36)30-10-6-5-9-28(29)30/h5-6,9-10,12-19,22-23,31H,4,7-8,11,20-21H2,1-3H3,(H,35,36). The van der Waals surface area contributed by atoms with Crippen molar-refractivity contribution in [2.45, 2.75) is 65.5 Å². The Balaban J connectivity index is 1.50. The number of hydrogen-bond acceptors (Lipinski definition) is 3. The van der Waals surface area contributed by atoms with E-state index in [1.165, 1.54) is 5.56 Å². The fourth-order valence-corrected chi connectivity index (χ4v) is 4.91. The first-order valence-corrected chi connectivity index (χ1v) is 13.6. The van der Waals surface area contributed by atoms with Crippen molar-refractivity contribution in [3.63, 3.8) is 0 Å². The predicted octanol–water partition coefficient (Wildman–Crippen LogP) is 7.86. The number of aromatic nitrogens is 1. The Hall–Kier alpha value is -3.86. The summed E-state index contributed by atoms with van der Waals surface area (Å²) in [6.07, 6.45) is 5.39. The first kappa shape index (κ1) is 27.2. The monoisotopic (exact) mass is 511 g/mol. The van der Waals surface area contributed by atoms with Gasteiger partial charge in [-0.1, -0.05) is 69.7 Å². The third-order valence-corrected chi connectivity index (χ3v) is 6.76. The lowest BCUT2D eigenvalue weighted by atomic mass is 9.99. The fourth-order valence-electron chi connectivity index (χ4n) is 4.91. The van der Waals surface area contributed by atoms with Gasteiger partial charge >= 0.3 is 5.97 Å². The number of carbonyl (C=O) groups is 2. The van der Waals surface area contributed by atoms with Crippen LogP contribution in [0.15, 0.2) is 79.0 Å². The van der Waals surface area contributed by atoms with Gasteiger partial charge in [-0.25, -0.2) is 0 Å². The summed E-state index contributed by atoms with van der Waals surface area (Å²) in [4.78, 5) is 24.4. The Morgan fingerprint density at radius 2 is 1.66 bits per heavy atom. The van der Waals surface area contributed by atoms with Crippen LogP contribution in [0, 0.1) is 5.92 Å². The molecule has 0 aliphatic heterocycles. The molecular formula is C33H37NO4. The second-order valence-corrected chi connectivity index (χ2v) is 10.3. The zero-order valence-electron chi connectivity index (χ0n) is 22.5. The summed E-state index contributed by atoms with van der Waals surface area (Å²) in [5.74, 6) is 0.487. The van der Waals surface area contributed by atoms with Crippen molar-refractivity contribution in [2.75, 3.05) is 0 Å². The lowest BCUT2D eigenvalue weighted by Gasteiger charge is -2.20. The molecule has 1 heterocycles. The average Bonchev–Trinajstić information content (AvgIpc) is 3.27. The number of benzene rings is 3. The Kier molecular flexibility index (Phi) is 9.01. The molecule has 5 heteroatoms. The summed E-state index contributed by atoms with van der Waals surface area (Å²) >= 11 is 0. The van der Waals surface area contributed by atoms with Crippen molar-refractivity contribution in [2.24, 2.45) is 5.92 Å². The number of rotatable bonds is 13. The van der Waals surface area contributed by atoms with Crippen LogP contribution in [0.2, 0.25) is 0 Å². The Morgan fingerprint density at radius 3 is 2.32 bits per heavy atom. The van der Waals surface area contributed by atoms with Gasteiger partial charge in [-0.2, -0.15) is 0 Å². The van der Waals surface area contributed by atoms with Crippen molar-refractivity contribution >= 4 is 22.7 Å². The van der Waals surface area contributed by atoms with Gasteiger partial charge in [0.05, 0.1) is 0 Å². The molecule has 0 saturated heterocycles. The van der Waals surface area contributed by atoms with Crippen LogP contribution in [0.4, 0.5) is 0 Å². The number of fused-ring (bicyclic) bond motifs is 1. The first-order valence-electron chi connectivity index (χ1n) is 13.6. The van der Waals surface area contributed by atoms with Crippen LogP contribution in [0.5, 0.6) is 5.75 Å². The van der Waals surface area contributed by atoms with Crippen molar-refractivity contribution < 1.29 is 19.4 Å². The third-order valence-electron chi connectivity index (χ3n) is 6.76. The van der Waals surface area contributed by atoms with Gasteiger partial charge in [0.25, 0.3) is 0 Å². The number of carboxylic acid groups (broad SMARTS) is 1. The molecule has 0 spiro atoms. The Labute approximate surface area is 225 Å². The SMILES string of the molecule is CCCC(Oc1ccc(C(=O)c2cn(CCCC(=O)O)c3ccccc23)cc1)c1ccc(CC(C)C)cc1. The number of nitrogens with zero attached hydrogens (tertiary/aromatic N) is 1. The van der Waals surface area contributed by atoms with Crippen LogP contribution < -0.4 is 4.74 Å². The molecule has 0 radical (unpaired) electrons. The molecule has 4 aromatic rings. The topological polar surface area (TPSA) is 68.5 Å². The second kappa shape index (κ2) is 12.6. The van der Waals surface area contributed by atoms with Gasteiger partial charge in [0.1, 0.15) is 11.9 Å². The molecule has 4 rings (SSSR count). The fraction of sp³-hybridized carbons (Fsp3) is 0.333. The number of aliphatic carboxylic acids is 1. The highest BCUT2D eigenvalue weighted by Crippen LogP contribution is 2.29. The summed E-state index contributed by atoms with van der Waals surface area (Å²) in [7, 11) is 0. The maximum absolute atomic E-state index is 13.5. The molecule has 0 amide bonds. The Bertz CT molecular complexity index is 1370. The zero-order chi connectivity index (χ0) is 27.1. The number of carbonyl (C=O) groups excluding carboxylic acids is 1. The van der Waals surface area contributed by atoms with Crippen molar-refractivity contribution in [3.05, 3.63) is 101 Å². The Morgan fingerprint density at radius 1 is 0.947 bits per heavy atom. The highest BCUT2D eigenvalue weighted by atomic mass is 16.5. The van der Waals surface area contributed by atoms with Crippen LogP contribution in [-0.2, 0) is 17.8 Å². The molecule has 1 atom stereocenters. The normalized spacial score (nSPS) is 12.1. The molecular weight excluding hydrogens is 474 g/mol. The maximum Gasteiger partial charge on any atom is 0.303 e. The van der Waals surface area contributed by atoms with Gasteiger partial charge in [-0.15, -0.1) is 0 Å². The van der Waals surface area contributed by atoms with E-state index in [0.29, 0.717) is 30.0 Å². The van der Waals surface area contributed by atoms with E-state index in [0.717, 1.165) is 41.5 Å². The second-order valence-electron chi connectivity index (χ2n) is 10.3. The van der Waals surface area contributed by atoms with E-state index in [9.17, 15) is 9.59 Å². The average molecular weight is 512 g/mol. The largest absolute Gasteiger partial charge is 0.486 e. The minimum Gasteiger partial charge on any atom is -0.486 e. The molecule has 1 N–H and O–H groups in total. The minimum atomic E-state index is -0.815. The molecule has 3 aromatic carbocycles. The summed E-state index contributed by atoms with van der Waals surface area (Å²) in [6, 6.07) is 23.9. The number of aryl methyl sites for hydroxylation is 1. The van der Waals surface area contributed by atoms with Crippen molar-refractivity contribution in [1.29, 1.82) is 0 Å². The molecule has 1 aromatic heterocycles. The molecule has 0 saturated carbocycles. The van der Waals surface area contributed by atoms with E-state index in [-0.39, 0.29) is 18.3 Å². The van der Waals surface area contributed by atoms with Crippen LogP contribution in [-0.4, -0.2) is 21.4 Å². The van der Waals surface area contributed by atoms with Crippen molar-refractivity contribution in [1.82, 2.24) is 4.57 Å². The smallest absolute Gasteiger partial charge is 0.303 e. The number of carboxylic acids is 1.